The fourth-order valence-electron chi connectivity index (χ4n) is 1.78. The average Bonchev–Trinajstić information content (AvgIpc) is 2.81. The van der Waals surface area contributed by atoms with Gasteiger partial charge < -0.3 is 15.2 Å². The summed E-state index contributed by atoms with van der Waals surface area (Å²) in [6.07, 6.45) is 0. The Kier molecular flexibility index (Phi) is 4.54. The Bertz CT molecular complexity index is 568. The standard InChI is InChI=1S/C13H17IN4O/c1-8-5-4-6-9(11(8)14)13-16-12(17-19-13)10(15)7-18(2)3/h4-6,10H,7,15H2,1-3H3. The van der Waals surface area contributed by atoms with Gasteiger partial charge in [-0.05, 0) is 55.2 Å². The van der Waals surface area contributed by atoms with E-state index in [-0.39, 0.29) is 6.04 Å². The summed E-state index contributed by atoms with van der Waals surface area (Å²) < 4.78 is 6.45. The van der Waals surface area contributed by atoms with E-state index < -0.39 is 0 Å². The first-order valence-electron chi connectivity index (χ1n) is 5.98. The summed E-state index contributed by atoms with van der Waals surface area (Å²) in [6.45, 7) is 2.74. The van der Waals surface area contributed by atoms with Crippen molar-refractivity contribution in [2.24, 2.45) is 5.73 Å². The van der Waals surface area contributed by atoms with Gasteiger partial charge in [0.25, 0.3) is 5.89 Å². The Morgan fingerprint density at radius 1 is 1.42 bits per heavy atom. The molecule has 0 fully saturated rings. The van der Waals surface area contributed by atoms with Crippen LogP contribution in [0.4, 0.5) is 0 Å². The van der Waals surface area contributed by atoms with Crippen molar-refractivity contribution in [1.29, 1.82) is 0 Å². The monoisotopic (exact) mass is 372 g/mol. The summed E-state index contributed by atoms with van der Waals surface area (Å²) in [5.41, 5.74) is 8.17. The highest BCUT2D eigenvalue weighted by Gasteiger charge is 2.17. The Morgan fingerprint density at radius 3 is 2.84 bits per heavy atom. The Balaban J connectivity index is 2.28. The molecular weight excluding hydrogens is 355 g/mol. The van der Waals surface area contributed by atoms with E-state index in [0.29, 0.717) is 18.3 Å². The van der Waals surface area contributed by atoms with E-state index in [1.807, 2.05) is 31.1 Å². The van der Waals surface area contributed by atoms with E-state index in [1.165, 1.54) is 5.56 Å². The molecule has 0 bridgehead atoms. The van der Waals surface area contributed by atoms with Gasteiger partial charge in [-0.25, -0.2) is 0 Å². The van der Waals surface area contributed by atoms with Crippen molar-refractivity contribution in [2.45, 2.75) is 13.0 Å². The minimum absolute atomic E-state index is 0.241. The van der Waals surface area contributed by atoms with E-state index in [1.54, 1.807) is 0 Å². The van der Waals surface area contributed by atoms with E-state index in [4.69, 9.17) is 10.3 Å². The van der Waals surface area contributed by atoms with Crippen LogP contribution in [-0.4, -0.2) is 35.7 Å². The minimum atomic E-state index is -0.241. The molecule has 1 heterocycles. The molecule has 0 aliphatic rings. The number of aryl methyl sites for hydroxylation is 1. The third-order valence-corrected chi connectivity index (χ3v) is 4.19. The zero-order valence-electron chi connectivity index (χ0n) is 11.2. The van der Waals surface area contributed by atoms with Gasteiger partial charge in [0.15, 0.2) is 5.82 Å². The first-order valence-corrected chi connectivity index (χ1v) is 7.06. The van der Waals surface area contributed by atoms with Gasteiger partial charge in [0.1, 0.15) is 0 Å². The molecule has 1 unspecified atom stereocenters. The molecule has 2 aromatic rings. The zero-order chi connectivity index (χ0) is 14.0. The molecule has 2 N–H and O–H groups in total. The van der Waals surface area contributed by atoms with Crippen LogP contribution in [0.3, 0.4) is 0 Å². The van der Waals surface area contributed by atoms with Crippen LogP contribution in [0.15, 0.2) is 22.7 Å². The van der Waals surface area contributed by atoms with E-state index in [0.717, 1.165) is 9.13 Å². The Labute approximate surface area is 126 Å². The summed E-state index contributed by atoms with van der Waals surface area (Å²) in [7, 11) is 3.93. The number of hydrogen-bond donors (Lipinski definition) is 1. The highest BCUT2D eigenvalue weighted by Crippen LogP contribution is 2.26. The highest BCUT2D eigenvalue weighted by atomic mass is 127. The number of benzene rings is 1. The molecular formula is C13H17IN4O. The van der Waals surface area contributed by atoms with Crippen LogP contribution in [0.25, 0.3) is 11.5 Å². The lowest BCUT2D eigenvalue weighted by molar-refractivity contribution is 0.357. The molecule has 0 aliphatic carbocycles. The number of hydrogen-bond acceptors (Lipinski definition) is 5. The number of likely N-dealkylation sites (N-methyl/N-ethyl adjacent to an activating group) is 1. The smallest absolute Gasteiger partial charge is 0.259 e. The van der Waals surface area contributed by atoms with E-state index in [2.05, 4.69) is 45.7 Å². The van der Waals surface area contributed by atoms with Gasteiger partial charge in [-0.15, -0.1) is 0 Å². The SMILES string of the molecule is Cc1cccc(-c2nc(C(N)CN(C)C)no2)c1I. The number of rotatable bonds is 4. The molecule has 1 aromatic carbocycles. The summed E-state index contributed by atoms with van der Waals surface area (Å²) >= 11 is 2.29. The van der Waals surface area contributed by atoms with Crippen molar-refractivity contribution < 1.29 is 4.52 Å². The zero-order valence-corrected chi connectivity index (χ0v) is 13.4. The lowest BCUT2D eigenvalue weighted by Gasteiger charge is -2.12. The van der Waals surface area contributed by atoms with Crippen molar-refractivity contribution in [3.63, 3.8) is 0 Å². The van der Waals surface area contributed by atoms with Crippen molar-refractivity contribution in [2.75, 3.05) is 20.6 Å². The van der Waals surface area contributed by atoms with Crippen molar-refractivity contribution in [1.82, 2.24) is 15.0 Å². The topological polar surface area (TPSA) is 68.2 Å². The molecule has 0 saturated heterocycles. The van der Waals surface area contributed by atoms with Gasteiger partial charge >= 0.3 is 0 Å². The predicted molar refractivity (Wildman–Crippen MR) is 82.7 cm³/mol. The average molecular weight is 372 g/mol. The number of nitrogens with zero attached hydrogens (tertiary/aromatic N) is 3. The molecule has 0 saturated carbocycles. The number of nitrogens with two attached hydrogens (primary N) is 1. The van der Waals surface area contributed by atoms with Crippen LogP contribution >= 0.6 is 22.6 Å². The summed E-state index contributed by atoms with van der Waals surface area (Å²) in [6, 6.07) is 5.77. The maximum Gasteiger partial charge on any atom is 0.259 e. The third-order valence-electron chi connectivity index (χ3n) is 2.76. The van der Waals surface area contributed by atoms with Crippen LogP contribution in [0.5, 0.6) is 0 Å². The van der Waals surface area contributed by atoms with E-state index in [9.17, 15) is 0 Å². The lowest BCUT2D eigenvalue weighted by Crippen LogP contribution is -2.26. The molecule has 1 atom stereocenters. The van der Waals surface area contributed by atoms with Crippen molar-refractivity contribution in [3.05, 3.63) is 33.2 Å². The maximum absolute atomic E-state index is 6.03. The van der Waals surface area contributed by atoms with Gasteiger partial charge in [-0.1, -0.05) is 17.3 Å². The van der Waals surface area contributed by atoms with Gasteiger partial charge in [-0.2, -0.15) is 4.98 Å². The second kappa shape index (κ2) is 5.98. The summed E-state index contributed by atoms with van der Waals surface area (Å²) in [5, 5.41) is 3.98. The summed E-state index contributed by atoms with van der Waals surface area (Å²) in [4.78, 5) is 6.40. The summed E-state index contributed by atoms with van der Waals surface area (Å²) in [5.74, 6) is 1.07. The van der Waals surface area contributed by atoms with E-state index >= 15 is 0 Å². The molecule has 102 valence electrons. The van der Waals surface area contributed by atoms with Gasteiger partial charge in [-0.3, -0.25) is 0 Å². The second-order valence-corrected chi connectivity index (χ2v) is 5.84. The fraction of sp³-hybridized carbons (Fsp3) is 0.385. The molecule has 0 spiro atoms. The first kappa shape index (κ1) is 14.4. The molecule has 0 amide bonds. The van der Waals surface area contributed by atoms with Crippen LogP contribution in [0.2, 0.25) is 0 Å². The van der Waals surface area contributed by atoms with Gasteiger partial charge in [0, 0.05) is 10.1 Å². The van der Waals surface area contributed by atoms with Crippen LogP contribution in [-0.2, 0) is 0 Å². The highest BCUT2D eigenvalue weighted by molar-refractivity contribution is 14.1. The Morgan fingerprint density at radius 2 is 2.16 bits per heavy atom. The quantitative estimate of drug-likeness (QED) is 0.834. The largest absolute Gasteiger partial charge is 0.334 e. The molecule has 19 heavy (non-hydrogen) atoms. The molecule has 5 nitrogen and oxygen atoms in total. The molecule has 6 heteroatoms. The molecule has 0 radical (unpaired) electrons. The Hall–Kier alpha value is -0.990. The normalized spacial score (nSPS) is 12.9. The maximum atomic E-state index is 6.03. The van der Waals surface area contributed by atoms with Crippen molar-refractivity contribution in [3.8, 4) is 11.5 Å². The number of aromatic nitrogens is 2. The number of halogens is 1. The van der Waals surface area contributed by atoms with Crippen LogP contribution < -0.4 is 5.73 Å². The molecule has 1 aromatic heterocycles. The lowest BCUT2D eigenvalue weighted by atomic mass is 10.1. The predicted octanol–water partition coefficient (Wildman–Crippen LogP) is 2.21. The fourth-order valence-corrected chi connectivity index (χ4v) is 2.37. The molecule has 0 aliphatic heterocycles. The van der Waals surface area contributed by atoms with Gasteiger partial charge in [0.2, 0.25) is 0 Å². The first-order chi connectivity index (χ1) is 8.99. The van der Waals surface area contributed by atoms with Gasteiger partial charge in [0.05, 0.1) is 11.6 Å². The van der Waals surface area contributed by atoms with Crippen molar-refractivity contribution >= 4 is 22.6 Å². The van der Waals surface area contributed by atoms with Crippen LogP contribution in [0.1, 0.15) is 17.4 Å². The molecule has 2 rings (SSSR count). The minimum Gasteiger partial charge on any atom is -0.334 e. The van der Waals surface area contributed by atoms with Crippen LogP contribution in [0, 0.1) is 10.5 Å². The third kappa shape index (κ3) is 3.31. The second-order valence-electron chi connectivity index (χ2n) is 4.76.